The molecule has 0 aliphatic rings. The van der Waals surface area contributed by atoms with Crippen molar-refractivity contribution < 1.29 is 37.3 Å². The van der Waals surface area contributed by atoms with Crippen molar-refractivity contribution in [2.24, 2.45) is 0 Å². The van der Waals surface area contributed by atoms with Crippen LogP contribution in [-0.2, 0) is 27.9 Å². The first-order valence-corrected chi connectivity index (χ1v) is 22.2. The molecule has 0 radical (unpaired) electrons. The number of carbonyl (C=O) groups excluding carboxylic acids is 1. The Hall–Kier alpha value is -1.28. The van der Waals surface area contributed by atoms with Gasteiger partial charge in [0.2, 0.25) is 0 Å². The number of phosphoric acid groups is 1. The first-order valence-electron chi connectivity index (χ1n) is 20.7. The third-order valence-electron chi connectivity index (χ3n) is 8.70. The van der Waals surface area contributed by atoms with Crippen LogP contribution in [0, 0.1) is 0 Å². The van der Waals surface area contributed by atoms with E-state index in [2.05, 4.69) is 50.3 Å². The number of unbranched alkanes of at least 4 members (excludes halogenated alkanes) is 18. The Morgan fingerprint density at radius 2 is 1.08 bits per heavy atom. The van der Waals surface area contributed by atoms with Gasteiger partial charge >= 0.3 is 13.8 Å². The van der Waals surface area contributed by atoms with Crippen molar-refractivity contribution in [3.63, 3.8) is 0 Å². The van der Waals surface area contributed by atoms with Gasteiger partial charge in [0.25, 0.3) is 0 Å². The van der Waals surface area contributed by atoms with Crippen molar-refractivity contribution in [2.45, 2.75) is 174 Å². The summed E-state index contributed by atoms with van der Waals surface area (Å²) in [5.41, 5.74) is 0. The lowest BCUT2D eigenvalue weighted by molar-refractivity contribution is -0.870. The van der Waals surface area contributed by atoms with Gasteiger partial charge in [0, 0.05) is 13.0 Å². The maximum atomic E-state index is 12.5. The summed E-state index contributed by atoms with van der Waals surface area (Å²) in [6, 6.07) is 0. The molecule has 0 aliphatic heterocycles. The minimum Gasteiger partial charge on any atom is -0.457 e. The highest BCUT2D eigenvalue weighted by Gasteiger charge is 2.26. The molecule has 9 heteroatoms. The second-order valence-electron chi connectivity index (χ2n) is 15.0. The molecule has 0 fully saturated rings. The van der Waals surface area contributed by atoms with Gasteiger partial charge in [-0.1, -0.05) is 147 Å². The highest BCUT2D eigenvalue weighted by Crippen LogP contribution is 2.43. The van der Waals surface area contributed by atoms with E-state index in [1.165, 1.54) is 96.3 Å². The molecule has 8 nitrogen and oxygen atoms in total. The van der Waals surface area contributed by atoms with E-state index in [4.69, 9.17) is 18.5 Å². The van der Waals surface area contributed by atoms with Gasteiger partial charge in [-0.15, -0.1) is 0 Å². The van der Waals surface area contributed by atoms with E-state index < -0.39 is 13.9 Å². The highest BCUT2D eigenvalue weighted by atomic mass is 31.2. The number of nitrogens with zero attached hydrogens (tertiary/aromatic N) is 1. The Balaban J connectivity index is 4.11. The Labute approximate surface area is 315 Å². The van der Waals surface area contributed by atoms with Gasteiger partial charge in [0.1, 0.15) is 19.3 Å². The van der Waals surface area contributed by atoms with Crippen LogP contribution < -0.4 is 0 Å². The zero-order valence-corrected chi connectivity index (χ0v) is 34.7. The average molecular weight is 743 g/mol. The topological polar surface area (TPSA) is 91.3 Å². The van der Waals surface area contributed by atoms with E-state index in [1.54, 1.807) is 0 Å². The molecule has 0 aromatic rings. The van der Waals surface area contributed by atoms with E-state index in [-0.39, 0.29) is 25.8 Å². The second-order valence-corrected chi connectivity index (χ2v) is 16.5. The molecule has 51 heavy (non-hydrogen) atoms. The fraction of sp³-hybridized carbons (Fsp3) is 0.833. The smallest absolute Gasteiger partial charge is 0.457 e. The first-order chi connectivity index (χ1) is 24.6. The molecule has 0 aliphatic carbocycles. The molecule has 300 valence electrons. The molecule has 0 heterocycles. The summed E-state index contributed by atoms with van der Waals surface area (Å²) in [5, 5.41) is 0. The molecule has 0 amide bonds. The molecule has 2 atom stereocenters. The quantitative estimate of drug-likeness (QED) is 0.0221. The van der Waals surface area contributed by atoms with Gasteiger partial charge in [0.05, 0.1) is 34.4 Å². The van der Waals surface area contributed by atoms with Crippen molar-refractivity contribution in [1.29, 1.82) is 0 Å². The average Bonchev–Trinajstić information content (AvgIpc) is 3.08. The predicted molar refractivity (Wildman–Crippen MR) is 215 cm³/mol. The lowest BCUT2D eigenvalue weighted by Crippen LogP contribution is -2.37. The van der Waals surface area contributed by atoms with Crippen LogP contribution in [0.4, 0.5) is 0 Å². The summed E-state index contributed by atoms with van der Waals surface area (Å²) < 4.78 is 34.8. The zero-order chi connectivity index (χ0) is 37.7. The number of hydrogen-bond acceptors (Lipinski definition) is 6. The van der Waals surface area contributed by atoms with Crippen molar-refractivity contribution >= 4 is 13.8 Å². The zero-order valence-electron chi connectivity index (χ0n) is 33.8. The summed E-state index contributed by atoms with van der Waals surface area (Å²) in [6.45, 7) is 5.54. The summed E-state index contributed by atoms with van der Waals surface area (Å²) in [4.78, 5) is 22.7. The second kappa shape index (κ2) is 35.7. The van der Waals surface area contributed by atoms with Crippen LogP contribution in [0.1, 0.15) is 168 Å². The first kappa shape index (κ1) is 49.7. The number of ether oxygens (including phenoxy) is 2. The van der Waals surface area contributed by atoms with Crippen LogP contribution in [0.25, 0.3) is 0 Å². The maximum Gasteiger partial charge on any atom is 0.472 e. The Morgan fingerprint density at radius 3 is 1.61 bits per heavy atom. The van der Waals surface area contributed by atoms with Gasteiger partial charge in [-0.3, -0.25) is 13.8 Å². The van der Waals surface area contributed by atoms with Crippen LogP contribution in [0.3, 0.4) is 0 Å². The van der Waals surface area contributed by atoms with Crippen LogP contribution in [0.15, 0.2) is 36.5 Å². The lowest BCUT2D eigenvalue weighted by Gasteiger charge is -2.24. The molecular weight excluding hydrogens is 661 g/mol. The summed E-state index contributed by atoms with van der Waals surface area (Å²) in [7, 11) is 1.66. The van der Waals surface area contributed by atoms with Crippen LogP contribution >= 0.6 is 7.82 Å². The highest BCUT2D eigenvalue weighted by molar-refractivity contribution is 7.47. The standard InChI is InChI=1S/C42H80NO7P/c1-6-8-10-12-14-15-16-17-18-19-20-21-22-23-24-25-26-27-28-30-32-34-37-47-39-41(40-49-51(45,46)48-38-36-43(3,4)5)50-42(44)35-33-31-29-13-11-9-7-2/h16-17,19-20,22-23,41H,6-15,18,21,24-40H2,1-5H3/p+1/b17-16-,20-19-,23-22-. The minimum absolute atomic E-state index is 0.0865. The number of rotatable bonds is 38. The summed E-state index contributed by atoms with van der Waals surface area (Å²) >= 11 is 0. The van der Waals surface area contributed by atoms with Crippen LogP contribution in [0.5, 0.6) is 0 Å². The molecule has 0 saturated carbocycles. The van der Waals surface area contributed by atoms with Gasteiger partial charge < -0.3 is 18.9 Å². The molecule has 0 spiro atoms. The number of carbonyl (C=O) groups is 1. The fourth-order valence-corrected chi connectivity index (χ4v) is 6.18. The van der Waals surface area contributed by atoms with Gasteiger partial charge in [-0.05, 0) is 51.4 Å². The molecule has 1 N–H and O–H groups in total. The molecule has 2 unspecified atom stereocenters. The molecule has 0 saturated heterocycles. The van der Waals surface area contributed by atoms with Crippen molar-refractivity contribution in [3.05, 3.63) is 36.5 Å². The summed E-state index contributed by atoms with van der Waals surface area (Å²) in [5.74, 6) is -0.325. The fourth-order valence-electron chi connectivity index (χ4n) is 5.44. The van der Waals surface area contributed by atoms with E-state index in [0.717, 1.165) is 51.4 Å². The number of allylic oxidation sites excluding steroid dienone is 6. The van der Waals surface area contributed by atoms with E-state index in [0.29, 0.717) is 24.1 Å². The molecule has 0 aromatic carbocycles. The summed E-state index contributed by atoms with van der Waals surface area (Å²) in [6.07, 6.45) is 40.5. The van der Waals surface area contributed by atoms with Crippen molar-refractivity contribution in [2.75, 3.05) is 54.1 Å². The van der Waals surface area contributed by atoms with E-state index >= 15 is 0 Å². The molecule has 0 bridgehead atoms. The normalized spacial score (nSPS) is 14.2. The monoisotopic (exact) mass is 743 g/mol. The minimum atomic E-state index is -4.26. The van der Waals surface area contributed by atoms with Gasteiger partial charge in [-0.2, -0.15) is 0 Å². The number of hydrogen-bond donors (Lipinski definition) is 1. The Bertz CT molecular complexity index is 915. The van der Waals surface area contributed by atoms with Gasteiger partial charge in [0.15, 0.2) is 0 Å². The Kier molecular flexibility index (Phi) is 34.8. The maximum absolute atomic E-state index is 12.5. The van der Waals surface area contributed by atoms with Crippen molar-refractivity contribution in [1.82, 2.24) is 0 Å². The van der Waals surface area contributed by atoms with Gasteiger partial charge in [-0.25, -0.2) is 4.57 Å². The SMILES string of the molecule is CCCCCCC/C=C\C/C=C\C/C=C\CCCCCCCCCOCC(COP(=O)(O)OCC[N+](C)(C)C)OC(=O)CCCCCCCCC. The number of esters is 1. The number of quaternary nitrogens is 1. The predicted octanol–water partition coefficient (Wildman–Crippen LogP) is 11.8. The molecule has 0 rings (SSSR count). The number of phosphoric ester groups is 1. The molecular formula is C42H81NO7P+. The molecule has 0 aromatic heterocycles. The van der Waals surface area contributed by atoms with E-state index in [9.17, 15) is 14.3 Å². The lowest BCUT2D eigenvalue weighted by atomic mass is 10.1. The third kappa shape index (κ3) is 39.8. The van der Waals surface area contributed by atoms with Crippen LogP contribution in [0.2, 0.25) is 0 Å². The van der Waals surface area contributed by atoms with Crippen molar-refractivity contribution in [3.8, 4) is 0 Å². The largest absolute Gasteiger partial charge is 0.472 e. The number of likely N-dealkylation sites (N-methyl/N-ethyl adjacent to an activating group) is 1. The van der Waals surface area contributed by atoms with E-state index in [1.807, 2.05) is 21.1 Å². The Morgan fingerprint density at radius 1 is 0.608 bits per heavy atom. The third-order valence-corrected chi connectivity index (χ3v) is 9.69. The van der Waals surface area contributed by atoms with Crippen LogP contribution in [-0.4, -0.2) is 75.6 Å².